The van der Waals surface area contributed by atoms with Gasteiger partial charge in [-0.05, 0) is 86.8 Å². The number of amides is 2. The molecule has 35 heavy (non-hydrogen) atoms. The van der Waals surface area contributed by atoms with Crippen LogP contribution in [-0.2, 0) is 9.59 Å². The second kappa shape index (κ2) is 9.47. The van der Waals surface area contributed by atoms with E-state index in [2.05, 4.69) is 14.7 Å². The number of hydrazone groups is 1. The van der Waals surface area contributed by atoms with E-state index in [0.29, 0.717) is 15.2 Å². The van der Waals surface area contributed by atoms with E-state index in [1.54, 1.807) is 6.08 Å². The van der Waals surface area contributed by atoms with Crippen molar-refractivity contribution in [1.82, 2.24) is 14.5 Å². The Hall–Kier alpha value is -3.17. The van der Waals surface area contributed by atoms with Crippen LogP contribution >= 0.6 is 23.4 Å². The number of likely N-dealkylation sites (tertiary alicyclic amines) is 1. The van der Waals surface area contributed by atoms with Crippen molar-refractivity contribution < 1.29 is 9.59 Å². The average molecular weight is 509 g/mol. The highest BCUT2D eigenvalue weighted by Crippen LogP contribution is 2.31. The zero-order valence-corrected chi connectivity index (χ0v) is 21.1. The second-order valence-corrected chi connectivity index (χ2v) is 10.2. The summed E-state index contributed by atoms with van der Waals surface area (Å²) in [7, 11) is 0. The molecule has 1 aromatic heterocycles. The van der Waals surface area contributed by atoms with Crippen molar-refractivity contribution in [2.45, 2.75) is 39.5 Å². The summed E-state index contributed by atoms with van der Waals surface area (Å²) in [6, 6.07) is 9.52. The minimum Gasteiger partial charge on any atom is -0.342 e. The van der Waals surface area contributed by atoms with Crippen LogP contribution in [-0.4, -0.2) is 55.4 Å². The number of carbonyl (C=O) groups excluding carboxylic acids is 2. The second-order valence-electron chi connectivity index (χ2n) is 8.77. The van der Waals surface area contributed by atoms with Gasteiger partial charge in [0.2, 0.25) is 11.1 Å². The van der Waals surface area contributed by atoms with Crippen molar-refractivity contribution in [3.05, 3.63) is 57.9 Å². The number of hydrogen-bond acceptors (Lipinski definition) is 5. The fourth-order valence-corrected chi connectivity index (χ4v) is 5.57. The third kappa shape index (κ3) is 4.58. The van der Waals surface area contributed by atoms with E-state index in [1.807, 2.05) is 49.1 Å². The van der Waals surface area contributed by atoms with Crippen LogP contribution in [0.4, 0.5) is 0 Å². The molecular formula is C25H25ClN6O2S. The number of nitrogens with zero attached hydrogens (tertiary/aromatic N) is 5. The summed E-state index contributed by atoms with van der Waals surface area (Å²) < 4.78 is 2.07. The molecule has 0 saturated carbocycles. The molecule has 2 amide bonds. The Morgan fingerprint density at radius 1 is 1.17 bits per heavy atom. The van der Waals surface area contributed by atoms with Crippen LogP contribution in [0.3, 0.4) is 0 Å². The Balaban J connectivity index is 1.39. The van der Waals surface area contributed by atoms with Gasteiger partial charge >= 0.3 is 0 Å². The van der Waals surface area contributed by atoms with Crippen molar-refractivity contribution >= 4 is 57.3 Å². The molecule has 5 rings (SSSR count). The van der Waals surface area contributed by atoms with Crippen molar-refractivity contribution in [2.75, 3.05) is 13.1 Å². The van der Waals surface area contributed by atoms with Gasteiger partial charge < -0.3 is 9.47 Å². The lowest BCUT2D eigenvalue weighted by Gasteiger charge is -2.26. The van der Waals surface area contributed by atoms with E-state index < -0.39 is 5.91 Å². The number of halogens is 1. The van der Waals surface area contributed by atoms with Gasteiger partial charge in [0.1, 0.15) is 5.04 Å². The highest BCUT2D eigenvalue weighted by atomic mass is 35.5. The molecular weight excluding hydrogens is 484 g/mol. The van der Waals surface area contributed by atoms with E-state index in [9.17, 15) is 9.59 Å². The minimum atomic E-state index is -0.483. The standard InChI is InChI=1S/C25H25ClN6O2S/c1-15-12-17(16(2)31(15)19-8-6-18(26)7-9-19)13-20-23(27)32-25(28-24(20)34)35-21(29-32)14-22(33)30-10-4-3-5-11-30/h6-9,12-13,27H,3-5,10-11,14H2,1-2H3. The molecule has 10 heteroatoms. The lowest BCUT2D eigenvalue weighted by atomic mass is 10.1. The molecule has 8 nitrogen and oxygen atoms in total. The zero-order chi connectivity index (χ0) is 24.7. The van der Waals surface area contributed by atoms with Crippen LogP contribution in [0.2, 0.25) is 5.02 Å². The SMILES string of the molecule is Cc1cc(C=C2C(=N)N3N=C(CC(=O)N4CCCCC4)SC3=NC2=O)c(C)n1-c1ccc(Cl)cc1. The molecule has 1 aromatic carbocycles. The van der Waals surface area contributed by atoms with Crippen molar-refractivity contribution in [3.8, 4) is 5.69 Å². The van der Waals surface area contributed by atoms with Crippen LogP contribution in [0.1, 0.15) is 42.6 Å². The molecule has 4 heterocycles. The predicted molar refractivity (Wildman–Crippen MR) is 140 cm³/mol. The predicted octanol–water partition coefficient (Wildman–Crippen LogP) is 4.77. The number of fused-ring (bicyclic) bond motifs is 1. The fourth-order valence-electron chi connectivity index (χ4n) is 4.56. The molecule has 0 atom stereocenters. The van der Waals surface area contributed by atoms with Gasteiger partial charge in [-0.3, -0.25) is 15.0 Å². The van der Waals surface area contributed by atoms with Gasteiger partial charge in [-0.15, -0.1) is 0 Å². The molecule has 1 fully saturated rings. The van der Waals surface area contributed by atoms with Crippen LogP contribution in [0.25, 0.3) is 11.8 Å². The van der Waals surface area contributed by atoms with E-state index in [0.717, 1.165) is 55.0 Å². The van der Waals surface area contributed by atoms with Crippen LogP contribution < -0.4 is 0 Å². The Morgan fingerprint density at radius 2 is 1.89 bits per heavy atom. The van der Waals surface area contributed by atoms with E-state index in [-0.39, 0.29) is 23.7 Å². The van der Waals surface area contributed by atoms with Crippen LogP contribution in [0.5, 0.6) is 0 Å². The molecule has 1 saturated heterocycles. The number of thioether (sulfide) groups is 1. The van der Waals surface area contributed by atoms with Gasteiger partial charge in [0.25, 0.3) is 5.91 Å². The summed E-state index contributed by atoms with van der Waals surface area (Å²) in [5, 5.41) is 16.0. The molecule has 0 bridgehead atoms. The van der Waals surface area contributed by atoms with Crippen molar-refractivity contribution in [2.24, 2.45) is 10.1 Å². The number of aryl methyl sites for hydroxylation is 1. The van der Waals surface area contributed by atoms with Crippen LogP contribution in [0, 0.1) is 19.3 Å². The summed E-state index contributed by atoms with van der Waals surface area (Å²) in [5.74, 6) is -0.493. The summed E-state index contributed by atoms with van der Waals surface area (Å²) in [6.07, 6.45) is 5.05. The lowest BCUT2D eigenvalue weighted by Crippen LogP contribution is -2.36. The van der Waals surface area contributed by atoms with Gasteiger partial charge in [-0.1, -0.05) is 11.6 Å². The number of aliphatic imine (C=N–C) groups is 1. The molecule has 0 aliphatic carbocycles. The number of hydrogen-bond donors (Lipinski definition) is 1. The number of amidine groups is 2. The minimum absolute atomic E-state index is 0.0275. The zero-order valence-electron chi connectivity index (χ0n) is 19.5. The summed E-state index contributed by atoms with van der Waals surface area (Å²) >= 11 is 7.22. The Kier molecular flexibility index (Phi) is 6.37. The first-order chi connectivity index (χ1) is 16.8. The molecule has 2 aromatic rings. The van der Waals surface area contributed by atoms with Gasteiger partial charge in [-0.25, -0.2) is 0 Å². The highest BCUT2D eigenvalue weighted by molar-refractivity contribution is 8.27. The Bertz CT molecular complexity index is 1320. The summed E-state index contributed by atoms with van der Waals surface area (Å²) in [4.78, 5) is 31.5. The first-order valence-corrected chi connectivity index (χ1v) is 12.7. The maximum Gasteiger partial charge on any atom is 0.283 e. The molecule has 0 unspecified atom stereocenters. The van der Waals surface area contributed by atoms with Crippen molar-refractivity contribution in [3.63, 3.8) is 0 Å². The van der Waals surface area contributed by atoms with Gasteiger partial charge in [0.15, 0.2) is 5.84 Å². The van der Waals surface area contributed by atoms with Gasteiger partial charge in [0, 0.05) is 35.2 Å². The third-order valence-corrected chi connectivity index (χ3v) is 7.52. The quantitative estimate of drug-likeness (QED) is 0.602. The third-order valence-electron chi connectivity index (χ3n) is 6.36. The molecule has 180 valence electrons. The average Bonchev–Trinajstić information content (AvgIpc) is 3.37. The summed E-state index contributed by atoms with van der Waals surface area (Å²) in [6.45, 7) is 5.50. The molecule has 3 aliphatic rings. The van der Waals surface area contributed by atoms with Crippen LogP contribution in [0.15, 0.2) is 46.0 Å². The molecule has 1 N–H and O–H groups in total. The molecule has 3 aliphatic heterocycles. The number of piperidine rings is 1. The number of carbonyl (C=O) groups is 2. The lowest BCUT2D eigenvalue weighted by molar-refractivity contribution is -0.130. The van der Waals surface area contributed by atoms with E-state index in [1.165, 1.54) is 16.8 Å². The molecule has 0 spiro atoms. The smallest absolute Gasteiger partial charge is 0.283 e. The number of aromatic nitrogens is 1. The first kappa shape index (κ1) is 23.6. The maximum absolute atomic E-state index is 12.9. The maximum atomic E-state index is 12.9. The first-order valence-electron chi connectivity index (χ1n) is 11.5. The number of benzene rings is 1. The highest BCUT2D eigenvalue weighted by Gasteiger charge is 2.36. The Morgan fingerprint density at radius 3 is 2.60 bits per heavy atom. The van der Waals surface area contributed by atoms with Gasteiger partial charge in [0.05, 0.1) is 12.0 Å². The topological polar surface area (TPSA) is 94.1 Å². The molecule has 0 radical (unpaired) electrons. The fraction of sp³-hybridized carbons (Fsp3) is 0.320. The monoisotopic (exact) mass is 508 g/mol. The number of rotatable bonds is 4. The Labute approximate surface area is 212 Å². The number of nitrogens with one attached hydrogen (secondary N) is 1. The van der Waals surface area contributed by atoms with Gasteiger partial charge in [-0.2, -0.15) is 15.1 Å². The normalized spacial score (nSPS) is 19.2. The summed E-state index contributed by atoms with van der Waals surface area (Å²) in [5.41, 5.74) is 3.87. The van der Waals surface area contributed by atoms with E-state index >= 15 is 0 Å². The van der Waals surface area contributed by atoms with E-state index in [4.69, 9.17) is 17.0 Å². The largest absolute Gasteiger partial charge is 0.342 e. The van der Waals surface area contributed by atoms with Crippen molar-refractivity contribution in [1.29, 1.82) is 5.41 Å².